The lowest BCUT2D eigenvalue weighted by Gasteiger charge is -2.35. The Morgan fingerprint density at radius 3 is 2.36 bits per heavy atom. The zero-order valence-corrected chi connectivity index (χ0v) is 15.9. The van der Waals surface area contributed by atoms with Crippen molar-refractivity contribution in [2.24, 2.45) is 11.8 Å². The Kier molecular flexibility index (Phi) is 7.00. The predicted octanol–water partition coefficient (Wildman–Crippen LogP) is 2.26. The summed E-state index contributed by atoms with van der Waals surface area (Å²) < 4.78 is 0. The Balaban J connectivity index is 1.94. The van der Waals surface area contributed by atoms with E-state index in [2.05, 4.69) is 42.3 Å². The molecule has 2 amide bonds. The van der Waals surface area contributed by atoms with Crippen molar-refractivity contribution in [2.45, 2.75) is 40.3 Å². The minimum atomic E-state index is -0.132. The summed E-state index contributed by atoms with van der Waals surface area (Å²) in [6.45, 7) is 9.89. The normalized spacial score (nSPS) is 21.0. The first-order valence-corrected chi connectivity index (χ1v) is 9.12. The molecule has 1 fully saturated rings. The van der Waals surface area contributed by atoms with Crippen molar-refractivity contribution in [1.29, 1.82) is 0 Å². The Morgan fingerprint density at radius 2 is 1.76 bits per heavy atom. The molecular weight excluding hydrogens is 314 g/mol. The molecule has 0 aromatic heterocycles. The van der Waals surface area contributed by atoms with Gasteiger partial charge in [0.15, 0.2) is 0 Å². The largest absolute Gasteiger partial charge is 0.350 e. The minimum Gasteiger partial charge on any atom is -0.350 e. The van der Waals surface area contributed by atoms with Crippen LogP contribution in [0.25, 0.3) is 0 Å². The highest BCUT2D eigenvalue weighted by Gasteiger charge is 2.22. The van der Waals surface area contributed by atoms with Crippen LogP contribution in [0.2, 0.25) is 0 Å². The lowest BCUT2D eigenvalue weighted by atomic mass is 9.91. The quantitative estimate of drug-likeness (QED) is 0.860. The maximum absolute atomic E-state index is 12.0. The molecule has 1 heterocycles. The number of amides is 2. The van der Waals surface area contributed by atoms with Gasteiger partial charge in [0, 0.05) is 40.2 Å². The zero-order chi connectivity index (χ0) is 18.4. The van der Waals surface area contributed by atoms with E-state index in [1.54, 1.807) is 7.05 Å². The maximum atomic E-state index is 12.0. The highest BCUT2D eigenvalue weighted by atomic mass is 16.2. The smallest absolute Gasteiger partial charge is 0.239 e. The van der Waals surface area contributed by atoms with Crippen LogP contribution in [0.3, 0.4) is 0 Å². The summed E-state index contributed by atoms with van der Waals surface area (Å²) in [6.07, 6.45) is 1.30. The SMILES string of the molecule is CC(=O)N(C)CC(=O)NCc1ccccc1CN1C[C@H](C)C[C@H](C)C1. The summed E-state index contributed by atoms with van der Waals surface area (Å²) in [5, 5.41) is 2.93. The summed E-state index contributed by atoms with van der Waals surface area (Å²) in [7, 11) is 1.63. The van der Waals surface area contributed by atoms with Crippen LogP contribution < -0.4 is 5.32 Å². The third kappa shape index (κ3) is 6.16. The predicted molar refractivity (Wildman–Crippen MR) is 99.8 cm³/mol. The summed E-state index contributed by atoms with van der Waals surface area (Å²) in [4.78, 5) is 27.2. The van der Waals surface area contributed by atoms with Gasteiger partial charge in [-0.1, -0.05) is 38.1 Å². The van der Waals surface area contributed by atoms with Gasteiger partial charge in [0.05, 0.1) is 6.54 Å². The number of likely N-dealkylation sites (N-methyl/N-ethyl adjacent to an activating group) is 1. The third-order valence-electron chi connectivity index (χ3n) is 4.85. The molecule has 0 saturated carbocycles. The molecule has 1 aromatic rings. The van der Waals surface area contributed by atoms with E-state index in [-0.39, 0.29) is 18.4 Å². The monoisotopic (exact) mass is 345 g/mol. The number of carbonyl (C=O) groups excluding carboxylic acids is 2. The van der Waals surface area contributed by atoms with E-state index in [0.717, 1.165) is 37.0 Å². The topological polar surface area (TPSA) is 52.7 Å². The fourth-order valence-electron chi connectivity index (χ4n) is 3.62. The lowest BCUT2D eigenvalue weighted by molar-refractivity contribution is -0.133. The number of nitrogens with zero attached hydrogens (tertiary/aromatic N) is 2. The summed E-state index contributed by atoms with van der Waals surface area (Å²) in [5.74, 6) is 1.23. The Labute approximate surface area is 151 Å². The summed E-state index contributed by atoms with van der Waals surface area (Å²) in [5.41, 5.74) is 2.41. The molecule has 0 radical (unpaired) electrons. The highest BCUT2D eigenvalue weighted by molar-refractivity contribution is 5.83. The van der Waals surface area contributed by atoms with Crippen LogP contribution in [-0.4, -0.2) is 48.3 Å². The van der Waals surface area contributed by atoms with Gasteiger partial charge in [0.1, 0.15) is 0 Å². The summed E-state index contributed by atoms with van der Waals surface area (Å²) in [6, 6.07) is 8.28. The van der Waals surface area contributed by atoms with Crippen molar-refractivity contribution >= 4 is 11.8 Å². The zero-order valence-electron chi connectivity index (χ0n) is 15.9. The molecule has 0 unspecified atom stereocenters. The molecule has 0 spiro atoms. The van der Waals surface area contributed by atoms with Crippen LogP contribution in [0.15, 0.2) is 24.3 Å². The van der Waals surface area contributed by atoms with Crippen molar-refractivity contribution in [3.63, 3.8) is 0 Å². The average molecular weight is 345 g/mol. The third-order valence-corrected chi connectivity index (χ3v) is 4.85. The number of piperidine rings is 1. The van der Waals surface area contributed by atoms with Gasteiger partial charge in [-0.05, 0) is 29.4 Å². The van der Waals surface area contributed by atoms with Crippen molar-refractivity contribution in [2.75, 3.05) is 26.7 Å². The highest BCUT2D eigenvalue weighted by Crippen LogP contribution is 2.23. The molecule has 1 N–H and O–H groups in total. The van der Waals surface area contributed by atoms with Crippen molar-refractivity contribution in [3.05, 3.63) is 35.4 Å². The number of likely N-dealkylation sites (tertiary alicyclic amines) is 1. The first-order valence-electron chi connectivity index (χ1n) is 9.12. The van der Waals surface area contributed by atoms with Gasteiger partial charge in [-0.3, -0.25) is 14.5 Å². The molecule has 138 valence electrons. The van der Waals surface area contributed by atoms with E-state index in [1.165, 1.54) is 23.8 Å². The molecule has 1 aliphatic heterocycles. The van der Waals surface area contributed by atoms with E-state index in [4.69, 9.17) is 0 Å². The van der Waals surface area contributed by atoms with Crippen LogP contribution >= 0.6 is 0 Å². The van der Waals surface area contributed by atoms with Crippen molar-refractivity contribution in [3.8, 4) is 0 Å². The van der Waals surface area contributed by atoms with Gasteiger partial charge in [0.25, 0.3) is 0 Å². The van der Waals surface area contributed by atoms with Gasteiger partial charge >= 0.3 is 0 Å². The Hall–Kier alpha value is -1.88. The number of nitrogens with one attached hydrogen (secondary N) is 1. The molecule has 1 aliphatic rings. The van der Waals surface area contributed by atoms with Crippen LogP contribution in [-0.2, 0) is 22.7 Å². The molecule has 2 rings (SSSR count). The van der Waals surface area contributed by atoms with Gasteiger partial charge in [-0.25, -0.2) is 0 Å². The molecule has 1 saturated heterocycles. The standard InChI is InChI=1S/C20H31N3O2/c1-15-9-16(2)12-23(11-15)13-19-8-6-5-7-18(19)10-21-20(25)14-22(4)17(3)24/h5-8,15-16H,9-14H2,1-4H3,(H,21,25)/t15-,16+. The van der Waals surface area contributed by atoms with E-state index in [0.29, 0.717) is 6.54 Å². The molecule has 2 atom stereocenters. The second kappa shape index (κ2) is 8.99. The van der Waals surface area contributed by atoms with E-state index in [9.17, 15) is 9.59 Å². The average Bonchev–Trinajstić information content (AvgIpc) is 2.53. The number of hydrogen-bond donors (Lipinski definition) is 1. The fourth-order valence-corrected chi connectivity index (χ4v) is 3.62. The van der Waals surface area contributed by atoms with E-state index < -0.39 is 0 Å². The fraction of sp³-hybridized carbons (Fsp3) is 0.600. The number of carbonyl (C=O) groups is 2. The van der Waals surface area contributed by atoms with E-state index >= 15 is 0 Å². The Morgan fingerprint density at radius 1 is 1.16 bits per heavy atom. The molecule has 1 aromatic carbocycles. The maximum Gasteiger partial charge on any atom is 0.239 e. The lowest BCUT2D eigenvalue weighted by Crippen LogP contribution is -2.39. The summed E-state index contributed by atoms with van der Waals surface area (Å²) >= 11 is 0. The number of rotatable bonds is 6. The minimum absolute atomic E-state index is 0.0959. The second-order valence-corrected chi connectivity index (χ2v) is 7.56. The van der Waals surface area contributed by atoms with Gasteiger partial charge in [-0.2, -0.15) is 0 Å². The molecular formula is C20H31N3O2. The van der Waals surface area contributed by atoms with Crippen LogP contribution in [0.5, 0.6) is 0 Å². The first kappa shape index (κ1) is 19.4. The van der Waals surface area contributed by atoms with Crippen LogP contribution in [0, 0.1) is 11.8 Å². The van der Waals surface area contributed by atoms with E-state index in [1.807, 2.05) is 6.07 Å². The van der Waals surface area contributed by atoms with Gasteiger partial charge in [0.2, 0.25) is 11.8 Å². The van der Waals surface area contributed by atoms with Gasteiger partial charge in [-0.15, -0.1) is 0 Å². The van der Waals surface area contributed by atoms with Crippen LogP contribution in [0.1, 0.15) is 38.3 Å². The molecule has 0 aliphatic carbocycles. The van der Waals surface area contributed by atoms with Crippen molar-refractivity contribution < 1.29 is 9.59 Å². The Bertz CT molecular complexity index is 592. The molecule has 0 bridgehead atoms. The van der Waals surface area contributed by atoms with Gasteiger partial charge < -0.3 is 10.2 Å². The molecule has 5 nitrogen and oxygen atoms in total. The second-order valence-electron chi connectivity index (χ2n) is 7.56. The molecule has 25 heavy (non-hydrogen) atoms. The number of benzene rings is 1. The molecule has 5 heteroatoms. The number of hydrogen-bond acceptors (Lipinski definition) is 3. The van der Waals surface area contributed by atoms with Crippen LogP contribution in [0.4, 0.5) is 0 Å². The first-order chi connectivity index (χ1) is 11.8. The van der Waals surface area contributed by atoms with Crippen molar-refractivity contribution in [1.82, 2.24) is 15.1 Å².